The number of hydrogen-bond donors (Lipinski definition) is 0. The molecule has 1 rings (SSSR count). The Morgan fingerprint density at radius 3 is 2.46 bits per heavy atom. The van der Waals surface area contributed by atoms with E-state index in [1.165, 1.54) is 6.07 Å². The highest BCUT2D eigenvalue weighted by Gasteiger charge is 2.10. The first kappa shape index (κ1) is 10.6. The summed E-state index contributed by atoms with van der Waals surface area (Å²) in [5.74, 6) is 0. The van der Waals surface area contributed by atoms with E-state index in [0.29, 0.717) is 9.65 Å². The Balaban J connectivity index is 2.95. The van der Waals surface area contributed by atoms with Crippen LogP contribution in [0, 0.1) is 3.57 Å². The van der Waals surface area contributed by atoms with E-state index < -0.39 is 12.3 Å². The molecule has 0 aliphatic rings. The summed E-state index contributed by atoms with van der Waals surface area (Å²) in [4.78, 5) is 0. The number of hydrogen-bond acceptors (Lipinski definition) is 0. The van der Waals surface area contributed by atoms with Crippen LogP contribution < -0.4 is 0 Å². The van der Waals surface area contributed by atoms with Crippen LogP contribution in [0.25, 0.3) is 0 Å². The second kappa shape index (κ2) is 4.64. The predicted octanol–water partition coefficient (Wildman–Crippen LogP) is 4.08. The largest absolute Gasteiger partial charge is 0.269 e. The summed E-state index contributed by atoms with van der Waals surface area (Å²) in [5.41, 5.74) is 0.274. The minimum Gasteiger partial charge on any atom is -0.237 e. The summed E-state index contributed by atoms with van der Waals surface area (Å²) in [6.07, 6.45) is -3.41. The standard InChI is InChI=1S/C9H6F3I/c10-7(5-9(11)12)6-3-1-2-4-8(6)13/h1-5,7H. The van der Waals surface area contributed by atoms with Crippen LogP contribution in [0.5, 0.6) is 0 Å². The van der Waals surface area contributed by atoms with Crippen molar-refractivity contribution in [3.8, 4) is 0 Å². The van der Waals surface area contributed by atoms with Crippen LogP contribution in [-0.2, 0) is 0 Å². The second-order valence-corrected chi connectivity index (χ2v) is 3.54. The van der Waals surface area contributed by atoms with Crippen molar-refractivity contribution in [1.82, 2.24) is 0 Å². The molecule has 0 saturated carbocycles. The fourth-order valence-corrected chi connectivity index (χ4v) is 1.58. The van der Waals surface area contributed by atoms with Crippen LogP contribution >= 0.6 is 22.6 Å². The van der Waals surface area contributed by atoms with Gasteiger partial charge in [-0.05, 0) is 28.7 Å². The lowest BCUT2D eigenvalue weighted by Crippen LogP contribution is -1.91. The van der Waals surface area contributed by atoms with E-state index in [-0.39, 0.29) is 5.56 Å². The van der Waals surface area contributed by atoms with Crippen molar-refractivity contribution in [3.05, 3.63) is 45.6 Å². The van der Waals surface area contributed by atoms with Gasteiger partial charge in [-0.25, -0.2) is 4.39 Å². The lowest BCUT2D eigenvalue weighted by Gasteiger charge is -2.04. The van der Waals surface area contributed by atoms with Gasteiger partial charge in [0, 0.05) is 15.2 Å². The summed E-state index contributed by atoms with van der Waals surface area (Å²) >= 11 is 1.91. The van der Waals surface area contributed by atoms with Crippen molar-refractivity contribution in [3.63, 3.8) is 0 Å². The summed E-state index contributed by atoms with van der Waals surface area (Å²) in [7, 11) is 0. The van der Waals surface area contributed by atoms with E-state index in [1.54, 1.807) is 18.2 Å². The third-order valence-corrected chi connectivity index (χ3v) is 2.46. The van der Waals surface area contributed by atoms with Gasteiger partial charge < -0.3 is 0 Å². The molecule has 1 atom stereocenters. The van der Waals surface area contributed by atoms with Crippen molar-refractivity contribution in [2.24, 2.45) is 0 Å². The molecular formula is C9H6F3I. The van der Waals surface area contributed by atoms with E-state index in [4.69, 9.17) is 0 Å². The smallest absolute Gasteiger partial charge is 0.237 e. The molecule has 0 aromatic heterocycles. The lowest BCUT2D eigenvalue weighted by atomic mass is 10.1. The van der Waals surface area contributed by atoms with E-state index in [1.807, 2.05) is 22.6 Å². The topological polar surface area (TPSA) is 0 Å². The fourth-order valence-electron chi connectivity index (χ4n) is 0.899. The number of allylic oxidation sites excluding steroid dienone is 1. The fraction of sp³-hybridized carbons (Fsp3) is 0.111. The van der Waals surface area contributed by atoms with Crippen molar-refractivity contribution in [2.75, 3.05) is 0 Å². The molecule has 13 heavy (non-hydrogen) atoms. The third-order valence-electron chi connectivity index (χ3n) is 1.47. The van der Waals surface area contributed by atoms with Crippen molar-refractivity contribution in [2.45, 2.75) is 6.17 Å². The SMILES string of the molecule is FC(F)=CC(F)c1ccccc1I. The molecule has 1 aromatic rings. The summed E-state index contributed by atoms with van der Waals surface area (Å²) in [5, 5.41) is 0. The normalized spacial score (nSPS) is 12.3. The zero-order chi connectivity index (χ0) is 9.84. The molecule has 0 aliphatic carbocycles. The molecule has 1 unspecified atom stereocenters. The quantitative estimate of drug-likeness (QED) is 0.722. The highest BCUT2D eigenvalue weighted by Crippen LogP contribution is 2.25. The minimum atomic E-state index is -1.99. The first-order chi connectivity index (χ1) is 6.11. The van der Waals surface area contributed by atoms with Gasteiger partial charge >= 0.3 is 0 Å². The average molecular weight is 298 g/mol. The van der Waals surface area contributed by atoms with E-state index >= 15 is 0 Å². The molecule has 0 N–H and O–H groups in total. The molecule has 0 fully saturated rings. The highest BCUT2D eigenvalue weighted by atomic mass is 127. The second-order valence-electron chi connectivity index (χ2n) is 2.38. The molecule has 0 amide bonds. The molecule has 0 aliphatic heterocycles. The Kier molecular flexibility index (Phi) is 3.77. The molecule has 4 heteroatoms. The van der Waals surface area contributed by atoms with Crippen LogP contribution in [0.4, 0.5) is 13.2 Å². The molecule has 0 nitrogen and oxygen atoms in total. The first-order valence-electron chi connectivity index (χ1n) is 3.52. The van der Waals surface area contributed by atoms with Crippen molar-refractivity contribution in [1.29, 1.82) is 0 Å². The van der Waals surface area contributed by atoms with Gasteiger partial charge in [-0.2, -0.15) is 8.78 Å². The molecular weight excluding hydrogens is 292 g/mol. The molecule has 0 heterocycles. The predicted molar refractivity (Wildman–Crippen MR) is 53.3 cm³/mol. The number of benzene rings is 1. The van der Waals surface area contributed by atoms with Crippen LogP contribution in [0.3, 0.4) is 0 Å². The Hall–Kier alpha value is -0.520. The Morgan fingerprint density at radius 1 is 1.31 bits per heavy atom. The number of alkyl halides is 1. The third kappa shape index (κ3) is 3.02. The average Bonchev–Trinajstić information content (AvgIpc) is 2.03. The summed E-state index contributed by atoms with van der Waals surface area (Å²) in [6, 6.07) is 6.51. The van der Waals surface area contributed by atoms with Crippen LogP contribution in [0.1, 0.15) is 11.7 Å². The summed E-state index contributed by atoms with van der Waals surface area (Å²) < 4.78 is 37.2. The van der Waals surface area contributed by atoms with E-state index in [2.05, 4.69) is 0 Å². The van der Waals surface area contributed by atoms with Gasteiger partial charge in [0.1, 0.15) is 6.17 Å². The van der Waals surface area contributed by atoms with Gasteiger partial charge in [0.2, 0.25) is 0 Å². The minimum absolute atomic E-state index is 0.274. The van der Waals surface area contributed by atoms with Crippen LogP contribution in [-0.4, -0.2) is 0 Å². The maximum atomic E-state index is 13.1. The Bertz CT molecular complexity index is 318. The Labute approximate surface area is 87.6 Å². The van der Waals surface area contributed by atoms with Gasteiger partial charge in [-0.1, -0.05) is 18.2 Å². The number of rotatable bonds is 2. The molecule has 0 saturated heterocycles. The van der Waals surface area contributed by atoms with Gasteiger partial charge in [0.15, 0.2) is 0 Å². The first-order valence-corrected chi connectivity index (χ1v) is 4.60. The van der Waals surface area contributed by atoms with Crippen molar-refractivity contribution >= 4 is 22.6 Å². The van der Waals surface area contributed by atoms with Crippen molar-refractivity contribution < 1.29 is 13.2 Å². The maximum Gasteiger partial charge on any atom is 0.269 e. The number of halogens is 4. The molecule has 70 valence electrons. The zero-order valence-electron chi connectivity index (χ0n) is 6.48. The molecule has 0 bridgehead atoms. The van der Waals surface area contributed by atoms with Gasteiger partial charge in [-0.15, -0.1) is 0 Å². The lowest BCUT2D eigenvalue weighted by molar-refractivity contribution is 0.367. The van der Waals surface area contributed by atoms with Gasteiger partial charge in [0.25, 0.3) is 6.08 Å². The highest BCUT2D eigenvalue weighted by molar-refractivity contribution is 14.1. The monoisotopic (exact) mass is 298 g/mol. The molecule has 1 aromatic carbocycles. The molecule has 0 radical (unpaired) electrons. The van der Waals surface area contributed by atoms with Gasteiger partial charge in [-0.3, -0.25) is 0 Å². The Morgan fingerprint density at radius 2 is 1.92 bits per heavy atom. The van der Waals surface area contributed by atoms with E-state index in [0.717, 1.165) is 0 Å². The molecule has 0 spiro atoms. The maximum absolute atomic E-state index is 13.1. The van der Waals surface area contributed by atoms with Crippen LogP contribution in [0.15, 0.2) is 36.4 Å². The van der Waals surface area contributed by atoms with Gasteiger partial charge in [0.05, 0.1) is 0 Å². The van der Waals surface area contributed by atoms with E-state index in [9.17, 15) is 13.2 Å². The summed E-state index contributed by atoms with van der Waals surface area (Å²) in [6.45, 7) is 0. The zero-order valence-corrected chi connectivity index (χ0v) is 8.63. The van der Waals surface area contributed by atoms with Crippen LogP contribution in [0.2, 0.25) is 0 Å².